The van der Waals surface area contributed by atoms with Gasteiger partial charge in [-0.1, -0.05) is 11.0 Å². The Hall–Kier alpha value is 0.190. The average Bonchev–Trinajstić information content (AvgIpc) is 1.84. The topological polar surface area (TPSA) is 64.5 Å². The Morgan fingerprint density at radius 3 is 1.71 bits per heavy atom. The van der Waals surface area contributed by atoms with Crippen molar-refractivity contribution in [1.29, 1.82) is 0 Å². The first-order chi connectivity index (χ1) is 3.21. The van der Waals surface area contributed by atoms with E-state index in [1.54, 1.807) is 0 Å². The summed E-state index contributed by atoms with van der Waals surface area (Å²) < 4.78 is 22.2. The van der Waals surface area contributed by atoms with E-state index in [0.717, 1.165) is 0 Å². The Morgan fingerprint density at radius 2 is 1.57 bits per heavy atom. The van der Waals surface area contributed by atoms with Crippen LogP contribution in [0.3, 0.4) is 0 Å². The second kappa shape index (κ2) is 1.61. The average molecular weight is 124 g/mol. The standard InChI is InChI=1S/C2H8N2O2S/c5-7(6)3-1-2-4-7/h3-6H,1-2H2. The minimum absolute atomic E-state index is 0.641. The largest absolute Gasteiger partial charge is 0.273 e. The summed E-state index contributed by atoms with van der Waals surface area (Å²) in [5.74, 6) is 0. The zero-order chi connectivity index (χ0) is 5.33. The maximum absolute atomic E-state index is 8.61. The lowest BCUT2D eigenvalue weighted by atomic mass is 10.7. The van der Waals surface area contributed by atoms with Crippen LogP contribution in [-0.4, -0.2) is 22.2 Å². The van der Waals surface area contributed by atoms with Crippen molar-refractivity contribution in [3.05, 3.63) is 0 Å². The van der Waals surface area contributed by atoms with E-state index in [1.165, 1.54) is 0 Å². The molecule has 44 valence electrons. The van der Waals surface area contributed by atoms with Gasteiger partial charge in [-0.25, -0.2) is 9.44 Å². The molecule has 1 saturated heterocycles. The zero-order valence-corrected chi connectivity index (χ0v) is 4.53. The number of nitrogens with one attached hydrogen (secondary N) is 2. The second-order valence-electron chi connectivity index (χ2n) is 1.34. The highest BCUT2D eigenvalue weighted by atomic mass is 32.3. The molecule has 0 unspecified atom stereocenters. The molecule has 0 atom stereocenters. The molecular weight excluding hydrogens is 116 g/mol. The van der Waals surface area contributed by atoms with Crippen LogP contribution in [0.25, 0.3) is 0 Å². The molecular formula is C2H8N2O2S. The van der Waals surface area contributed by atoms with Gasteiger partial charge in [-0.2, -0.15) is 0 Å². The Bertz CT molecular complexity index is 68.1. The normalized spacial score (nSPS) is 32.9. The van der Waals surface area contributed by atoms with Gasteiger partial charge in [0.1, 0.15) is 0 Å². The molecule has 0 aromatic carbocycles. The van der Waals surface area contributed by atoms with Gasteiger partial charge in [0, 0.05) is 13.1 Å². The van der Waals surface area contributed by atoms with Crippen molar-refractivity contribution in [3.63, 3.8) is 0 Å². The molecule has 1 heterocycles. The lowest BCUT2D eigenvalue weighted by Crippen LogP contribution is -2.18. The van der Waals surface area contributed by atoms with Gasteiger partial charge in [0.2, 0.25) is 0 Å². The molecule has 1 fully saturated rings. The fourth-order valence-electron chi connectivity index (χ4n) is 0.438. The molecule has 0 radical (unpaired) electrons. The fourth-order valence-corrected chi connectivity index (χ4v) is 1.31. The molecule has 0 bridgehead atoms. The van der Waals surface area contributed by atoms with E-state index in [9.17, 15) is 0 Å². The van der Waals surface area contributed by atoms with Crippen LogP contribution in [-0.2, 0) is 0 Å². The van der Waals surface area contributed by atoms with Gasteiger partial charge >= 0.3 is 0 Å². The second-order valence-corrected chi connectivity index (χ2v) is 3.01. The summed E-state index contributed by atoms with van der Waals surface area (Å²) in [4.78, 5) is 0. The minimum Gasteiger partial charge on any atom is -0.273 e. The van der Waals surface area contributed by atoms with E-state index < -0.39 is 11.0 Å². The Morgan fingerprint density at radius 1 is 1.14 bits per heavy atom. The van der Waals surface area contributed by atoms with Crippen molar-refractivity contribution in [2.45, 2.75) is 0 Å². The summed E-state index contributed by atoms with van der Waals surface area (Å²) in [6.07, 6.45) is 0. The van der Waals surface area contributed by atoms with Crippen molar-refractivity contribution >= 4 is 11.0 Å². The van der Waals surface area contributed by atoms with Crippen LogP contribution in [0.15, 0.2) is 0 Å². The van der Waals surface area contributed by atoms with Crippen LogP contribution in [0.2, 0.25) is 0 Å². The highest BCUT2D eigenvalue weighted by Gasteiger charge is 2.14. The smallest absolute Gasteiger partial charge is 0.0303 e. The molecule has 4 N–H and O–H groups in total. The van der Waals surface area contributed by atoms with E-state index in [2.05, 4.69) is 9.44 Å². The Labute approximate surface area is 43.5 Å². The Kier molecular flexibility index (Phi) is 1.22. The molecule has 4 nitrogen and oxygen atoms in total. The van der Waals surface area contributed by atoms with Gasteiger partial charge in [-0.05, 0) is 0 Å². The number of rotatable bonds is 0. The van der Waals surface area contributed by atoms with Gasteiger partial charge in [-0.15, -0.1) is 0 Å². The molecule has 0 aromatic rings. The maximum atomic E-state index is 8.61. The van der Waals surface area contributed by atoms with Crippen molar-refractivity contribution in [1.82, 2.24) is 9.44 Å². The molecule has 0 aliphatic carbocycles. The van der Waals surface area contributed by atoms with E-state index >= 15 is 0 Å². The molecule has 0 spiro atoms. The van der Waals surface area contributed by atoms with E-state index in [1.807, 2.05) is 0 Å². The first kappa shape index (κ1) is 5.33. The van der Waals surface area contributed by atoms with E-state index in [4.69, 9.17) is 9.11 Å². The zero-order valence-electron chi connectivity index (χ0n) is 3.72. The third kappa shape index (κ3) is 1.29. The third-order valence-corrected chi connectivity index (χ3v) is 1.94. The molecule has 5 heteroatoms. The first-order valence-corrected chi connectivity index (χ1v) is 3.53. The summed E-state index contributed by atoms with van der Waals surface area (Å²) in [7, 11) is -2.55. The van der Waals surface area contributed by atoms with Crippen LogP contribution >= 0.6 is 11.0 Å². The molecule has 1 aliphatic heterocycles. The molecule has 0 amide bonds. The molecule has 0 aromatic heterocycles. The maximum Gasteiger partial charge on any atom is 0.0303 e. The van der Waals surface area contributed by atoms with Gasteiger partial charge in [-0.3, -0.25) is 9.11 Å². The summed E-state index contributed by atoms with van der Waals surface area (Å²) >= 11 is 0. The van der Waals surface area contributed by atoms with Gasteiger partial charge in [0.15, 0.2) is 0 Å². The summed E-state index contributed by atoms with van der Waals surface area (Å²) in [5.41, 5.74) is 0. The van der Waals surface area contributed by atoms with Crippen molar-refractivity contribution < 1.29 is 9.11 Å². The predicted molar refractivity (Wildman–Crippen MR) is 28.9 cm³/mol. The van der Waals surface area contributed by atoms with Crippen LogP contribution in [0.5, 0.6) is 0 Å². The van der Waals surface area contributed by atoms with Crippen LogP contribution in [0.4, 0.5) is 0 Å². The first-order valence-electron chi connectivity index (χ1n) is 1.98. The van der Waals surface area contributed by atoms with Crippen LogP contribution in [0, 0.1) is 0 Å². The highest BCUT2D eigenvalue weighted by molar-refractivity contribution is 8.21. The molecule has 1 aliphatic rings. The summed E-state index contributed by atoms with van der Waals surface area (Å²) in [5, 5.41) is 0. The van der Waals surface area contributed by atoms with Crippen LogP contribution < -0.4 is 9.44 Å². The summed E-state index contributed by atoms with van der Waals surface area (Å²) in [6.45, 7) is 1.28. The Balaban J connectivity index is 2.40. The molecule has 1 rings (SSSR count). The number of hydrogen-bond acceptors (Lipinski definition) is 4. The van der Waals surface area contributed by atoms with Crippen molar-refractivity contribution in [3.8, 4) is 0 Å². The quantitative estimate of drug-likeness (QED) is 0.360. The van der Waals surface area contributed by atoms with Crippen molar-refractivity contribution in [2.24, 2.45) is 0 Å². The van der Waals surface area contributed by atoms with E-state index in [0.29, 0.717) is 13.1 Å². The van der Waals surface area contributed by atoms with Crippen molar-refractivity contribution in [2.75, 3.05) is 13.1 Å². The molecule has 7 heavy (non-hydrogen) atoms. The lowest BCUT2D eigenvalue weighted by molar-refractivity contribution is 0.474. The highest BCUT2D eigenvalue weighted by Crippen LogP contribution is 2.29. The molecule has 0 saturated carbocycles. The SMILES string of the molecule is OS1(O)NCCN1. The number of hydrogen-bond donors (Lipinski definition) is 4. The lowest BCUT2D eigenvalue weighted by Gasteiger charge is -2.24. The predicted octanol–water partition coefficient (Wildman–Crippen LogP) is -0.240. The van der Waals surface area contributed by atoms with E-state index in [-0.39, 0.29) is 0 Å². The monoisotopic (exact) mass is 124 g/mol. The van der Waals surface area contributed by atoms with Gasteiger partial charge < -0.3 is 0 Å². The third-order valence-electron chi connectivity index (χ3n) is 0.732. The van der Waals surface area contributed by atoms with Gasteiger partial charge in [0.05, 0.1) is 0 Å². The minimum atomic E-state index is -2.55. The van der Waals surface area contributed by atoms with Crippen LogP contribution in [0.1, 0.15) is 0 Å². The fraction of sp³-hybridized carbons (Fsp3) is 1.00. The summed E-state index contributed by atoms with van der Waals surface area (Å²) in [6, 6.07) is 0. The van der Waals surface area contributed by atoms with Gasteiger partial charge in [0.25, 0.3) is 0 Å².